The van der Waals surface area contributed by atoms with Crippen molar-refractivity contribution in [3.8, 4) is 0 Å². The highest BCUT2D eigenvalue weighted by molar-refractivity contribution is 5.19. The van der Waals surface area contributed by atoms with Crippen LogP contribution in [0.5, 0.6) is 0 Å². The highest BCUT2D eigenvalue weighted by atomic mass is 15.2. The van der Waals surface area contributed by atoms with Crippen LogP contribution in [0.15, 0.2) is 30.3 Å². The second-order valence-electron chi connectivity index (χ2n) is 4.20. The molecule has 0 fully saturated rings. The maximum Gasteiger partial charge on any atom is 0.0470 e. The molecule has 0 bridgehead atoms. The number of nitrogens with zero attached hydrogens (tertiary/aromatic N) is 1. The zero-order valence-corrected chi connectivity index (χ0v) is 10.5. The lowest BCUT2D eigenvalue weighted by molar-refractivity contribution is 0.202. The van der Waals surface area contributed by atoms with Crippen molar-refractivity contribution in [2.45, 2.75) is 32.7 Å². The Hall–Kier alpha value is -0.860. The molecule has 1 unspecified atom stereocenters. The molecule has 1 rings (SSSR count). The highest BCUT2D eigenvalue weighted by Gasteiger charge is 2.16. The largest absolute Gasteiger partial charge is 0.329 e. The van der Waals surface area contributed by atoms with E-state index in [4.69, 9.17) is 5.73 Å². The van der Waals surface area contributed by atoms with Gasteiger partial charge in [0.15, 0.2) is 0 Å². The Labute approximate surface area is 99.5 Å². The molecule has 0 aliphatic carbocycles. The van der Waals surface area contributed by atoms with Gasteiger partial charge >= 0.3 is 0 Å². The molecule has 0 spiro atoms. The molecule has 0 aliphatic rings. The lowest BCUT2D eigenvalue weighted by Crippen LogP contribution is -2.35. The van der Waals surface area contributed by atoms with Gasteiger partial charge in [-0.05, 0) is 31.5 Å². The van der Waals surface area contributed by atoms with Gasteiger partial charge in [-0.25, -0.2) is 0 Å². The molecule has 0 saturated heterocycles. The van der Waals surface area contributed by atoms with Crippen LogP contribution in [0.1, 0.15) is 38.3 Å². The van der Waals surface area contributed by atoms with Crippen LogP contribution in [0, 0.1) is 0 Å². The SMILES string of the molecule is CCCN(CCC)C(CN)c1ccccc1. The monoisotopic (exact) mass is 220 g/mol. The highest BCUT2D eigenvalue weighted by Crippen LogP contribution is 2.19. The molecule has 90 valence electrons. The van der Waals surface area contributed by atoms with Crippen molar-refractivity contribution in [3.05, 3.63) is 35.9 Å². The van der Waals surface area contributed by atoms with Gasteiger partial charge in [-0.1, -0.05) is 44.2 Å². The molecular weight excluding hydrogens is 196 g/mol. The van der Waals surface area contributed by atoms with Gasteiger partial charge in [0.1, 0.15) is 0 Å². The summed E-state index contributed by atoms with van der Waals surface area (Å²) in [6.45, 7) is 7.40. The van der Waals surface area contributed by atoms with Gasteiger partial charge in [-0.3, -0.25) is 4.90 Å². The van der Waals surface area contributed by atoms with Crippen LogP contribution in [-0.2, 0) is 0 Å². The third kappa shape index (κ3) is 3.62. The Morgan fingerprint density at radius 3 is 2.06 bits per heavy atom. The zero-order valence-electron chi connectivity index (χ0n) is 10.5. The number of rotatable bonds is 7. The van der Waals surface area contributed by atoms with E-state index in [0.29, 0.717) is 12.6 Å². The minimum absolute atomic E-state index is 0.376. The summed E-state index contributed by atoms with van der Waals surface area (Å²) >= 11 is 0. The first-order chi connectivity index (χ1) is 7.83. The minimum atomic E-state index is 0.376. The van der Waals surface area contributed by atoms with Gasteiger partial charge in [0.25, 0.3) is 0 Å². The van der Waals surface area contributed by atoms with Crippen LogP contribution in [0.25, 0.3) is 0 Å². The molecule has 1 aromatic carbocycles. The summed E-state index contributed by atoms with van der Waals surface area (Å²) in [4.78, 5) is 2.50. The molecule has 16 heavy (non-hydrogen) atoms. The van der Waals surface area contributed by atoms with E-state index in [0.717, 1.165) is 13.1 Å². The summed E-state index contributed by atoms with van der Waals surface area (Å²) in [5.74, 6) is 0. The van der Waals surface area contributed by atoms with Crippen LogP contribution < -0.4 is 5.73 Å². The third-order valence-electron chi connectivity index (χ3n) is 2.87. The van der Waals surface area contributed by atoms with Gasteiger partial charge in [0.05, 0.1) is 0 Å². The van der Waals surface area contributed by atoms with E-state index in [1.165, 1.54) is 18.4 Å². The van der Waals surface area contributed by atoms with Crippen molar-refractivity contribution >= 4 is 0 Å². The normalized spacial score (nSPS) is 13.0. The van der Waals surface area contributed by atoms with E-state index >= 15 is 0 Å². The molecule has 2 N–H and O–H groups in total. The number of benzene rings is 1. The first-order valence-electron chi connectivity index (χ1n) is 6.32. The Kier molecular flexibility index (Phi) is 6.12. The van der Waals surface area contributed by atoms with Crippen molar-refractivity contribution in [3.63, 3.8) is 0 Å². The van der Waals surface area contributed by atoms with Crippen LogP contribution >= 0.6 is 0 Å². The molecular formula is C14H24N2. The summed E-state index contributed by atoms with van der Waals surface area (Å²) in [7, 11) is 0. The molecule has 0 saturated carbocycles. The van der Waals surface area contributed by atoms with Crippen LogP contribution in [0.3, 0.4) is 0 Å². The maximum atomic E-state index is 5.92. The van der Waals surface area contributed by atoms with Crippen molar-refractivity contribution in [2.24, 2.45) is 5.73 Å². The average Bonchev–Trinajstić information content (AvgIpc) is 2.32. The van der Waals surface area contributed by atoms with Crippen molar-refractivity contribution in [1.29, 1.82) is 0 Å². The van der Waals surface area contributed by atoms with E-state index in [-0.39, 0.29) is 0 Å². The van der Waals surface area contributed by atoms with Gasteiger partial charge in [-0.2, -0.15) is 0 Å². The molecule has 0 heterocycles. The molecule has 0 radical (unpaired) electrons. The molecule has 1 atom stereocenters. The quantitative estimate of drug-likeness (QED) is 0.765. The smallest absolute Gasteiger partial charge is 0.0470 e. The predicted molar refractivity (Wildman–Crippen MR) is 70.4 cm³/mol. The van der Waals surface area contributed by atoms with Gasteiger partial charge in [0, 0.05) is 12.6 Å². The molecule has 1 aromatic rings. The van der Waals surface area contributed by atoms with E-state index in [1.807, 2.05) is 0 Å². The molecule has 2 nitrogen and oxygen atoms in total. The lowest BCUT2D eigenvalue weighted by atomic mass is 10.0. The Morgan fingerprint density at radius 2 is 1.62 bits per heavy atom. The fourth-order valence-corrected chi connectivity index (χ4v) is 2.17. The number of hydrogen-bond acceptors (Lipinski definition) is 2. The molecule has 2 heteroatoms. The van der Waals surface area contributed by atoms with E-state index in [9.17, 15) is 0 Å². The van der Waals surface area contributed by atoms with Crippen molar-refractivity contribution in [1.82, 2.24) is 4.90 Å². The Bertz CT molecular complexity index is 265. The zero-order chi connectivity index (χ0) is 11.8. The summed E-state index contributed by atoms with van der Waals surface area (Å²) < 4.78 is 0. The molecule has 0 aliphatic heterocycles. The maximum absolute atomic E-state index is 5.92. The molecule has 0 amide bonds. The topological polar surface area (TPSA) is 29.3 Å². The summed E-state index contributed by atoms with van der Waals surface area (Å²) in [6, 6.07) is 11.0. The van der Waals surface area contributed by atoms with E-state index in [2.05, 4.69) is 49.1 Å². The van der Waals surface area contributed by atoms with E-state index in [1.54, 1.807) is 0 Å². The van der Waals surface area contributed by atoms with Gasteiger partial charge < -0.3 is 5.73 Å². The first-order valence-corrected chi connectivity index (χ1v) is 6.32. The molecule has 0 aromatic heterocycles. The van der Waals surface area contributed by atoms with Crippen LogP contribution in [-0.4, -0.2) is 24.5 Å². The van der Waals surface area contributed by atoms with Gasteiger partial charge in [-0.15, -0.1) is 0 Å². The second-order valence-corrected chi connectivity index (χ2v) is 4.20. The standard InChI is InChI=1S/C14H24N2/c1-3-10-16(11-4-2)14(12-15)13-8-6-5-7-9-13/h5-9,14H,3-4,10-12,15H2,1-2H3. The summed E-state index contributed by atoms with van der Waals surface area (Å²) in [6.07, 6.45) is 2.37. The van der Waals surface area contributed by atoms with Crippen molar-refractivity contribution < 1.29 is 0 Å². The number of nitrogens with two attached hydrogens (primary N) is 1. The third-order valence-corrected chi connectivity index (χ3v) is 2.87. The van der Waals surface area contributed by atoms with E-state index < -0.39 is 0 Å². The summed E-state index contributed by atoms with van der Waals surface area (Å²) in [5.41, 5.74) is 7.26. The van der Waals surface area contributed by atoms with Gasteiger partial charge in [0.2, 0.25) is 0 Å². The second kappa shape index (κ2) is 7.42. The van der Waals surface area contributed by atoms with Crippen molar-refractivity contribution in [2.75, 3.05) is 19.6 Å². The fourth-order valence-electron chi connectivity index (χ4n) is 2.17. The Morgan fingerprint density at radius 1 is 1.06 bits per heavy atom. The summed E-state index contributed by atoms with van der Waals surface area (Å²) in [5, 5.41) is 0. The fraction of sp³-hybridized carbons (Fsp3) is 0.571. The Balaban J connectivity index is 2.77. The lowest BCUT2D eigenvalue weighted by Gasteiger charge is -2.30. The number of hydrogen-bond donors (Lipinski definition) is 1. The average molecular weight is 220 g/mol. The minimum Gasteiger partial charge on any atom is -0.329 e. The van der Waals surface area contributed by atoms with Crippen LogP contribution in [0.2, 0.25) is 0 Å². The predicted octanol–water partition coefficient (Wildman–Crippen LogP) is 2.81. The van der Waals surface area contributed by atoms with Crippen LogP contribution in [0.4, 0.5) is 0 Å². The first kappa shape index (κ1) is 13.2.